The van der Waals surface area contributed by atoms with Crippen molar-refractivity contribution in [3.8, 4) is 22.6 Å². The summed E-state index contributed by atoms with van der Waals surface area (Å²) in [7, 11) is 2.42. The number of fused-ring (bicyclic) bond motifs is 13. The first-order valence-corrected chi connectivity index (χ1v) is 20.4. The van der Waals surface area contributed by atoms with E-state index in [9.17, 15) is 38.9 Å². The van der Waals surface area contributed by atoms with Crippen LogP contribution in [0, 0.1) is 10.1 Å². The van der Waals surface area contributed by atoms with E-state index in [-0.39, 0.29) is 83.1 Å². The predicted octanol–water partition coefficient (Wildman–Crippen LogP) is 7.56. The molecule has 0 radical (unpaired) electrons. The third-order valence-electron chi connectivity index (χ3n) is 10.4. The Morgan fingerprint density at radius 1 is 0.567 bits per heavy atom. The number of nitrogens with zero attached hydrogens (tertiary/aromatic N) is 3. The molecule has 8 rings (SSSR count). The molecule has 1 aliphatic heterocycles. The van der Waals surface area contributed by atoms with Crippen LogP contribution in [-0.4, -0.2) is 77.9 Å². The summed E-state index contributed by atoms with van der Waals surface area (Å²) < 4.78 is 23.3. The molecule has 0 unspecified atom stereocenters. The number of amides is 4. The lowest BCUT2D eigenvalue weighted by Crippen LogP contribution is -2.19. The molecule has 67 heavy (non-hydrogen) atoms. The third-order valence-corrected chi connectivity index (χ3v) is 10.4. The van der Waals surface area contributed by atoms with Crippen molar-refractivity contribution in [3.05, 3.63) is 148 Å². The zero-order valence-electron chi connectivity index (χ0n) is 35.5. The maximum Gasteiger partial charge on any atom is 0.341 e. The van der Waals surface area contributed by atoms with Crippen molar-refractivity contribution < 1.29 is 52.6 Å². The number of carbonyl (C=O) groups is 6. The first kappa shape index (κ1) is 44.4. The Hall–Kier alpha value is -9.26. The van der Waals surface area contributed by atoms with Crippen molar-refractivity contribution in [3.63, 3.8) is 0 Å². The summed E-state index contributed by atoms with van der Waals surface area (Å²) in [5, 5.41) is 24.5. The summed E-state index contributed by atoms with van der Waals surface area (Å²) in [5.74, 6) is -4.44. The van der Waals surface area contributed by atoms with Crippen LogP contribution < -0.4 is 30.7 Å². The fraction of sp³-hybridized carbons (Fsp3) is 0.125. The summed E-state index contributed by atoms with van der Waals surface area (Å²) in [6.07, 6.45) is -0.578. The van der Waals surface area contributed by atoms with Gasteiger partial charge in [-0.3, -0.25) is 29.3 Å². The van der Waals surface area contributed by atoms with Gasteiger partial charge in [0, 0.05) is 34.4 Å². The molecular weight excluding hydrogens is 867 g/mol. The second kappa shape index (κ2) is 19.2. The molecule has 4 amide bonds. The fourth-order valence-corrected chi connectivity index (χ4v) is 7.38. The number of esters is 2. The van der Waals surface area contributed by atoms with Crippen LogP contribution in [0.5, 0.6) is 11.5 Å². The number of aromatic nitrogens is 2. The van der Waals surface area contributed by atoms with Gasteiger partial charge in [-0.05, 0) is 64.0 Å². The topological polar surface area (TPSA) is 256 Å². The standard InChI is InChI=1S/C48H37N7O12/c1-64-47(60)33-24-26-9-3-5-11-31(26)41-42-32-12-6-4-10-27(32)25-34(48(61)65-2)44(42)67-20-18-40(57)52-36-14-8-16-38(50-36)54-46(59)29-21-28(22-30(23-29)55(62)63)45(58)53-37-15-7-13-35(49-37)51-39(56)17-19-66-43(33)41/h3-16,21-25H,17-20H2,1-2H3,(H2,49,51,53,56,58)(H2,50,52,54,57,59). The highest BCUT2D eigenvalue weighted by atomic mass is 16.6. The summed E-state index contributed by atoms with van der Waals surface area (Å²) >= 11 is 0. The maximum atomic E-state index is 13.6. The van der Waals surface area contributed by atoms with Crippen molar-refractivity contribution in [2.75, 3.05) is 48.7 Å². The third kappa shape index (κ3) is 9.65. The second-order valence-corrected chi connectivity index (χ2v) is 14.7. The summed E-state index contributed by atoms with van der Waals surface area (Å²) in [4.78, 5) is 101. The molecule has 0 spiro atoms. The minimum absolute atomic E-state index is 0.00402. The van der Waals surface area contributed by atoms with Crippen LogP contribution in [0.1, 0.15) is 54.3 Å². The normalized spacial score (nSPS) is 13.5. The largest absolute Gasteiger partial charge is 0.491 e. The van der Waals surface area contributed by atoms with Crippen LogP contribution in [0.3, 0.4) is 0 Å². The molecule has 0 aliphatic carbocycles. The highest BCUT2D eigenvalue weighted by molar-refractivity contribution is 6.16. The summed E-state index contributed by atoms with van der Waals surface area (Å²) in [6, 6.07) is 29.3. The molecule has 0 atom stereocenters. The Labute approximate surface area is 379 Å². The van der Waals surface area contributed by atoms with E-state index in [0.29, 0.717) is 32.7 Å². The monoisotopic (exact) mass is 903 g/mol. The van der Waals surface area contributed by atoms with Crippen molar-refractivity contribution in [2.24, 2.45) is 0 Å². The molecule has 2 aromatic heterocycles. The van der Waals surface area contributed by atoms with Crippen molar-refractivity contribution in [1.82, 2.24) is 9.97 Å². The number of nitro benzene ring substituents is 1. The van der Waals surface area contributed by atoms with Crippen LogP contribution in [0.4, 0.5) is 29.0 Å². The van der Waals surface area contributed by atoms with Gasteiger partial charge in [-0.2, -0.15) is 0 Å². The Kier molecular flexibility index (Phi) is 12.7. The number of nitro groups is 1. The van der Waals surface area contributed by atoms with Crippen molar-refractivity contribution in [2.45, 2.75) is 12.8 Å². The van der Waals surface area contributed by atoms with Crippen LogP contribution in [0.25, 0.3) is 32.7 Å². The van der Waals surface area contributed by atoms with E-state index < -0.39 is 46.2 Å². The van der Waals surface area contributed by atoms with Gasteiger partial charge in [0.1, 0.15) is 45.9 Å². The molecule has 336 valence electrons. The number of ether oxygens (including phenoxy) is 4. The predicted molar refractivity (Wildman–Crippen MR) is 245 cm³/mol. The molecule has 19 heteroatoms. The van der Waals surface area contributed by atoms with E-state index in [4.69, 9.17) is 18.9 Å². The van der Waals surface area contributed by atoms with Gasteiger partial charge in [-0.1, -0.05) is 60.7 Å². The summed E-state index contributed by atoms with van der Waals surface area (Å²) in [5.41, 5.74) is -0.472. The van der Waals surface area contributed by atoms with E-state index >= 15 is 0 Å². The minimum Gasteiger partial charge on any atom is -0.491 e. The molecule has 0 fully saturated rings. The smallest absolute Gasteiger partial charge is 0.341 e. The van der Waals surface area contributed by atoms with Gasteiger partial charge in [-0.15, -0.1) is 0 Å². The quantitative estimate of drug-likeness (QED) is 0.0758. The molecule has 4 N–H and O–H groups in total. The average molecular weight is 904 g/mol. The Balaban J connectivity index is 1.25. The van der Waals surface area contributed by atoms with E-state index in [0.717, 1.165) is 18.2 Å². The van der Waals surface area contributed by atoms with Crippen molar-refractivity contribution >= 4 is 86.1 Å². The van der Waals surface area contributed by atoms with E-state index in [2.05, 4.69) is 31.2 Å². The Bertz CT molecular complexity index is 2990. The molecule has 1 aliphatic rings. The first-order valence-electron chi connectivity index (χ1n) is 20.4. The number of hydrogen-bond donors (Lipinski definition) is 4. The molecule has 0 saturated carbocycles. The molecular formula is C48H37N7O12. The molecule has 19 nitrogen and oxygen atoms in total. The van der Waals surface area contributed by atoms with Crippen LogP contribution >= 0.6 is 0 Å². The van der Waals surface area contributed by atoms with Gasteiger partial charge in [0.05, 0.1) is 45.2 Å². The van der Waals surface area contributed by atoms with Crippen LogP contribution in [-0.2, 0) is 19.1 Å². The lowest BCUT2D eigenvalue weighted by atomic mass is 9.88. The van der Waals surface area contributed by atoms with Crippen LogP contribution in [0.2, 0.25) is 0 Å². The minimum atomic E-state index is -0.855. The lowest BCUT2D eigenvalue weighted by Gasteiger charge is -2.23. The highest BCUT2D eigenvalue weighted by Gasteiger charge is 2.29. The molecule has 7 aromatic rings. The van der Waals surface area contributed by atoms with Gasteiger partial charge in [-0.25, -0.2) is 19.6 Å². The number of benzene rings is 5. The number of carbonyl (C=O) groups excluding carboxylic acids is 6. The number of rotatable bonds is 3. The van der Waals surface area contributed by atoms with Gasteiger partial charge in [0.25, 0.3) is 17.5 Å². The molecule has 0 saturated heterocycles. The van der Waals surface area contributed by atoms with E-state index in [1.807, 2.05) is 0 Å². The first-order chi connectivity index (χ1) is 32.4. The van der Waals surface area contributed by atoms with Gasteiger partial charge in [0.2, 0.25) is 11.8 Å². The second-order valence-electron chi connectivity index (χ2n) is 14.7. The highest BCUT2D eigenvalue weighted by Crippen LogP contribution is 2.49. The zero-order valence-corrected chi connectivity index (χ0v) is 35.5. The SMILES string of the molecule is COC(=O)c1cc2ccccc2c2c1OCCC(=O)Nc1cccc(n1)NC(=O)c1cc(cc([N+](=O)[O-])c1)C(=O)Nc1cccc(n1)NC(=O)CCOc1c(C(=O)OC)cc3ccccc3c1-2. The molecule has 3 heterocycles. The van der Waals surface area contributed by atoms with Crippen LogP contribution in [0.15, 0.2) is 115 Å². The number of anilines is 4. The Morgan fingerprint density at radius 2 is 0.970 bits per heavy atom. The average Bonchev–Trinajstić information content (AvgIpc) is 3.32. The van der Waals surface area contributed by atoms with E-state index in [1.54, 1.807) is 60.7 Å². The maximum absolute atomic E-state index is 13.6. The van der Waals surface area contributed by atoms with E-state index in [1.165, 1.54) is 50.6 Å². The van der Waals surface area contributed by atoms with Crippen molar-refractivity contribution in [1.29, 1.82) is 0 Å². The molecule has 6 bridgehead atoms. The number of nitrogens with one attached hydrogen (secondary N) is 4. The zero-order chi connectivity index (χ0) is 47.2. The fourth-order valence-electron chi connectivity index (χ4n) is 7.38. The molecule has 5 aromatic carbocycles. The van der Waals surface area contributed by atoms with Gasteiger partial charge < -0.3 is 40.2 Å². The van der Waals surface area contributed by atoms with Gasteiger partial charge >= 0.3 is 11.9 Å². The number of hydrogen-bond acceptors (Lipinski definition) is 14. The van der Waals surface area contributed by atoms with Gasteiger partial charge in [0.15, 0.2) is 0 Å². The lowest BCUT2D eigenvalue weighted by molar-refractivity contribution is -0.384. The summed E-state index contributed by atoms with van der Waals surface area (Å²) in [6.45, 7) is -0.610. The number of non-ortho nitro benzene ring substituents is 1. The number of pyridine rings is 2. The Morgan fingerprint density at radius 3 is 1.37 bits per heavy atom. The number of methoxy groups -OCH3 is 2.